The molecule has 7 heteroatoms. The molecule has 0 radical (unpaired) electrons. The Labute approximate surface area is 199 Å². The molecule has 1 aromatic heterocycles. The fourth-order valence-electron chi connectivity index (χ4n) is 7.93. The van der Waals surface area contributed by atoms with Crippen LogP contribution in [0.2, 0.25) is 0 Å². The van der Waals surface area contributed by atoms with Crippen molar-refractivity contribution in [2.24, 2.45) is 39.9 Å². The summed E-state index contributed by atoms with van der Waals surface area (Å²) in [7, 11) is 1.33. The van der Waals surface area contributed by atoms with Crippen molar-refractivity contribution in [3.8, 4) is 0 Å². The van der Waals surface area contributed by atoms with Gasteiger partial charge in [-0.2, -0.15) is 0 Å². The van der Waals surface area contributed by atoms with E-state index < -0.39 is 46.1 Å². The molecule has 0 saturated heterocycles. The standard InChI is InChI=1S/C27H32O7/c1-25(2)19(12-20(28)32-5)27(4)17-6-8-26(3)18(15(17)10-16(22(25)30)23(27)31)11-21(29)34-24(26)14-7-9-33-13-14/h7,9,11,13,15-17,19,24H,6,8,10,12H2,1-5H3/t15-,16+,17-,19+,24+,26-,27+/m0/s1. The van der Waals surface area contributed by atoms with Crippen molar-refractivity contribution in [3.05, 3.63) is 35.8 Å². The molecule has 182 valence electrons. The monoisotopic (exact) mass is 468 g/mol. The minimum atomic E-state index is -0.867. The second kappa shape index (κ2) is 7.40. The van der Waals surface area contributed by atoms with Gasteiger partial charge in [0, 0.05) is 27.9 Å². The van der Waals surface area contributed by atoms with Crippen molar-refractivity contribution in [3.63, 3.8) is 0 Å². The maximum Gasteiger partial charge on any atom is 0.331 e. The third-order valence-corrected chi connectivity index (χ3v) is 9.70. The SMILES string of the molecule is COC(=O)C[C@@H]1C(C)(C)C(=O)[C@H]2C[C@@H]3C4=CC(=O)O[C@H](c5ccoc5)[C@@]4(C)CC[C@@H]3[C@@]1(C)C2=O. The predicted molar refractivity (Wildman–Crippen MR) is 120 cm³/mol. The first-order valence-corrected chi connectivity index (χ1v) is 12.1. The minimum absolute atomic E-state index is 0.0173. The van der Waals surface area contributed by atoms with Crippen LogP contribution >= 0.6 is 0 Å². The van der Waals surface area contributed by atoms with Crippen molar-refractivity contribution >= 4 is 23.5 Å². The third kappa shape index (κ3) is 2.88. The van der Waals surface area contributed by atoms with Crippen LogP contribution in [-0.4, -0.2) is 30.6 Å². The molecule has 1 aliphatic heterocycles. The van der Waals surface area contributed by atoms with Crippen LogP contribution in [0, 0.1) is 39.9 Å². The average Bonchev–Trinajstić information content (AvgIpc) is 3.32. The van der Waals surface area contributed by atoms with Crippen molar-refractivity contribution in [2.45, 2.75) is 59.5 Å². The number of cyclic esters (lactones) is 1. The van der Waals surface area contributed by atoms with Gasteiger partial charge in [0.25, 0.3) is 0 Å². The first-order chi connectivity index (χ1) is 16.0. The summed E-state index contributed by atoms with van der Waals surface area (Å²) in [5, 5.41) is 0. The van der Waals surface area contributed by atoms with E-state index >= 15 is 0 Å². The molecule has 0 amide bonds. The van der Waals surface area contributed by atoms with E-state index in [1.54, 1.807) is 18.6 Å². The van der Waals surface area contributed by atoms with Gasteiger partial charge in [0.2, 0.25) is 0 Å². The topological polar surface area (TPSA) is 99.9 Å². The zero-order chi connectivity index (χ0) is 24.6. The maximum atomic E-state index is 13.8. The van der Waals surface area contributed by atoms with Gasteiger partial charge in [-0.25, -0.2) is 4.79 Å². The zero-order valence-corrected chi connectivity index (χ0v) is 20.4. The van der Waals surface area contributed by atoms with Gasteiger partial charge in [0.1, 0.15) is 17.7 Å². The van der Waals surface area contributed by atoms with Gasteiger partial charge < -0.3 is 13.9 Å². The number of rotatable bonds is 3. The Morgan fingerprint density at radius 2 is 1.88 bits per heavy atom. The first kappa shape index (κ1) is 23.1. The number of Topliss-reactive ketones (excluding diaryl/α,β-unsaturated/α-hetero) is 2. The Morgan fingerprint density at radius 1 is 1.15 bits per heavy atom. The van der Waals surface area contributed by atoms with E-state index in [-0.39, 0.29) is 29.8 Å². The summed E-state index contributed by atoms with van der Waals surface area (Å²) in [5.74, 6) is -2.39. The second-order valence-electron chi connectivity index (χ2n) is 11.5. The number of hydrogen-bond acceptors (Lipinski definition) is 7. The lowest BCUT2D eigenvalue weighted by atomic mass is 9.39. The number of ketones is 2. The molecule has 3 aliphatic carbocycles. The molecule has 3 fully saturated rings. The summed E-state index contributed by atoms with van der Waals surface area (Å²) in [6.45, 7) is 7.77. The molecule has 3 saturated carbocycles. The Bertz CT molecular complexity index is 1100. The average molecular weight is 469 g/mol. The fraction of sp³-hybridized carbons (Fsp3) is 0.630. The number of carbonyl (C=O) groups is 4. The molecule has 7 atom stereocenters. The highest BCUT2D eigenvalue weighted by atomic mass is 16.5. The molecule has 0 aromatic carbocycles. The number of esters is 2. The van der Waals surface area contributed by atoms with Crippen molar-refractivity contribution in [1.29, 1.82) is 0 Å². The van der Waals surface area contributed by atoms with Crippen molar-refractivity contribution < 1.29 is 33.1 Å². The molecule has 0 spiro atoms. The summed E-state index contributed by atoms with van der Waals surface area (Å²) in [6.07, 6.45) is 6.16. The quantitative estimate of drug-likeness (QED) is 0.484. The number of carbonyl (C=O) groups excluding carboxylic acids is 4. The molecule has 1 aromatic rings. The van der Waals surface area contributed by atoms with Crippen LogP contribution in [0.5, 0.6) is 0 Å². The Hall–Kier alpha value is -2.70. The van der Waals surface area contributed by atoms with Crippen LogP contribution in [0.4, 0.5) is 0 Å². The van der Waals surface area contributed by atoms with Crippen molar-refractivity contribution in [1.82, 2.24) is 0 Å². The lowest BCUT2D eigenvalue weighted by molar-refractivity contribution is -0.182. The van der Waals surface area contributed by atoms with Gasteiger partial charge in [-0.05, 0) is 48.7 Å². The molecule has 0 N–H and O–H groups in total. The van der Waals surface area contributed by atoms with Gasteiger partial charge in [0.15, 0.2) is 0 Å². The van der Waals surface area contributed by atoms with Crippen LogP contribution in [0.25, 0.3) is 0 Å². The predicted octanol–water partition coefficient (Wildman–Crippen LogP) is 4.22. The highest BCUT2D eigenvalue weighted by molar-refractivity contribution is 6.11. The largest absolute Gasteiger partial charge is 0.472 e. The molecule has 5 rings (SSSR count). The van der Waals surface area contributed by atoms with E-state index in [1.165, 1.54) is 7.11 Å². The summed E-state index contributed by atoms with van der Waals surface area (Å²) in [5.41, 5.74) is -0.390. The Kier molecular flexibility index (Phi) is 5.02. The maximum absolute atomic E-state index is 13.8. The summed E-state index contributed by atoms with van der Waals surface area (Å²) < 4.78 is 16.0. The summed E-state index contributed by atoms with van der Waals surface area (Å²) >= 11 is 0. The number of ether oxygens (including phenoxy) is 2. The molecule has 2 heterocycles. The van der Waals surface area contributed by atoms with Crippen LogP contribution in [0.15, 0.2) is 34.7 Å². The number of methoxy groups -OCH3 is 1. The third-order valence-electron chi connectivity index (χ3n) is 9.70. The van der Waals surface area contributed by atoms with Crippen LogP contribution in [0.1, 0.15) is 65.0 Å². The summed E-state index contributed by atoms with van der Waals surface area (Å²) in [6, 6.07) is 1.82. The Balaban J connectivity index is 1.62. The van der Waals surface area contributed by atoms with Gasteiger partial charge in [-0.15, -0.1) is 0 Å². The van der Waals surface area contributed by atoms with Crippen LogP contribution in [0.3, 0.4) is 0 Å². The number of furan rings is 1. The van der Waals surface area contributed by atoms with E-state index in [9.17, 15) is 19.2 Å². The summed E-state index contributed by atoms with van der Waals surface area (Å²) in [4.78, 5) is 52.6. The molecule has 2 bridgehead atoms. The number of fused-ring (bicyclic) bond motifs is 6. The molecule has 4 aliphatic rings. The highest BCUT2D eigenvalue weighted by Gasteiger charge is 2.69. The molecule has 7 nitrogen and oxygen atoms in total. The number of hydrogen-bond donors (Lipinski definition) is 0. The van der Waals surface area contributed by atoms with E-state index in [0.29, 0.717) is 6.42 Å². The second-order valence-corrected chi connectivity index (χ2v) is 11.5. The molecule has 34 heavy (non-hydrogen) atoms. The van der Waals surface area contributed by atoms with Gasteiger partial charge in [-0.3, -0.25) is 14.4 Å². The van der Waals surface area contributed by atoms with E-state index in [1.807, 2.05) is 26.8 Å². The van der Waals surface area contributed by atoms with E-state index in [0.717, 1.165) is 24.0 Å². The van der Waals surface area contributed by atoms with Gasteiger partial charge in [0.05, 0.1) is 32.0 Å². The van der Waals surface area contributed by atoms with E-state index in [2.05, 4.69) is 6.92 Å². The van der Waals surface area contributed by atoms with Gasteiger partial charge >= 0.3 is 11.9 Å². The Morgan fingerprint density at radius 3 is 2.53 bits per heavy atom. The molecule has 0 unspecified atom stereocenters. The van der Waals surface area contributed by atoms with E-state index in [4.69, 9.17) is 13.9 Å². The normalized spacial score (nSPS) is 40.6. The first-order valence-electron chi connectivity index (χ1n) is 12.1. The lowest BCUT2D eigenvalue weighted by Crippen LogP contribution is -2.66. The molecular formula is C27H32O7. The fourth-order valence-corrected chi connectivity index (χ4v) is 7.93. The van der Waals surface area contributed by atoms with Crippen molar-refractivity contribution in [2.75, 3.05) is 7.11 Å². The van der Waals surface area contributed by atoms with Gasteiger partial charge in [-0.1, -0.05) is 27.7 Å². The van der Waals surface area contributed by atoms with Crippen LogP contribution < -0.4 is 0 Å². The lowest BCUT2D eigenvalue weighted by Gasteiger charge is -2.63. The zero-order valence-electron chi connectivity index (χ0n) is 20.4. The molecular weight excluding hydrogens is 436 g/mol. The smallest absolute Gasteiger partial charge is 0.331 e. The van der Waals surface area contributed by atoms with Crippen LogP contribution in [-0.2, 0) is 28.7 Å². The highest BCUT2D eigenvalue weighted by Crippen LogP contribution is 2.68. The minimum Gasteiger partial charge on any atom is -0.472 e.